The molecular formula is C19H18ClN3O3S. The topological polar surface area (TPSA) is 81.2 Å². The summed E-state index contributed by atoms with van der Waals surface area (Å²) < 4.78 is 33.0. The molecule has 6 nitrogen and oxygen atoms in total. The fourth-order valence-corrected chi connectivity index (χ4v) is 3.70. The summed E-state index contributed by atoms with van der Waals surface area (Å²) in [4.78, 5) is 0.0950. The van der Waals surface area contributed by atoms with Gasteiger partial charge in [-0.25, -0.2) is 8.42 Å². The van der Waals surface area contributed by atoms with Crippen molar-refractivity contribution < 1.29 is 13.2 Å². The van der Waals surface area contributed by atoms with E-state index in [4.69, 9.17) is 16.3 Å². The Balaban J connectivity index is 1.81. The third-order valence-corrected chi connectivity index (χ3v) is 5.23. The van der Waals surface area contributed by atoms with Gasteiger partial charge >= 0.3 is 0 Å². The summed E-state index contributed by atoms with van der Waals surface area (Å²) in [5.74, 6) is 0.457. The van der Waals surface area contributed by atoms with E-state index < -0.39 is 10.0 Å². The van der Waals surface area contributed by atoms with Crippen molar-refractivity contribution in [3.8, 4) is 17.1 Å². The number of sulfonamides is 1. The predicted octanol–water partition coefficient (Wildman–Crippen LogP) is 4.39. The average Bonchev–Trinajstić information content (AvgIpc) is 2.67. The molecule has 3 rings (SSSR count). The summed E-state index contributed by atoms with van der Waals surface area (Å²) >= 11 is 5.89. The van der Waals surface area contributed by atoms with E-state index in [1.807, 2.05) is 13.0 Å². The fraction of sp³-hybridized carbons (Fsp3) is 0.158. The second-order valence-corrected chi connectivity index (χ2v) is 7.87. The van der Waals surface area contributed by atoms with E-state index in [9.17, 15) is 8.42 Å². The molecule has 0 aliphatic heterocycles. The minimum absolute atomic E-state index is 0.0950. The number of anilines is 1. The molecule has 0 bridgehead atoms. The standard InChI is InChI=1S/C19H18ClN3O3S/c1-2-11-26-19-10-9-18(21-22-19)14-5-3-7-16(12-14)23-27(24,25)17-8-4-6-15(20)13-17/h3-10,12-13,23H,2,11H2,1H3. The molecule has 3 aromatic rings. The number of hydrogen-bond donors (Lipinski definition) is 1. The normalized spacial score (nSPS) is 11.2. The number of nitrogens with one attached hydrogen (secondary N) is 1. The number of rotatable bonds is 7. The van der Waals surface area contributed by atoms with Crippen molar-refractivity contribution in [2.24, 2.45) is 0 Å². The zero-order valence-corrected chi connectivity index (χ0v) is 16.2. The van der Waals surface area contributed by atoms with Crippen LogP contribution in [0, 0.1) is 0 Å². The van der Waals surface area contributed by atoms with Crippen LogP contribution < -0.4 is 9.46 Å². The van der Waals surface area contributed by atoms with Crippen LogP contribution in [0.25, 0.3) is 11.3 Å². The lowest BCUT2D eigenvalue weighted by Crippen LogP contribution is -2.12. The van der Waals surface area contributed by atoms with Crippen LogP contribution in [0.5, 0.6) is 5.88 Å². The number of ether oxygens (including phenoxy) is 1. The number of benzene rings is 2. The van der Waals surface area contributed by atoms with Crippen LogP contribution in [0.2, 0.25) is 5.02 Å². The molecule has 0 amide bonds. The highest BCUT2D eigenvalue weighted by Crippen LogP contribution is 2.24. The molecule has 0 radical (unpaired) electrons. The van der Waals surface area contributed by atoms with Crippen molar-refractivity contribution in [2.75, 3.05) is 11.3 Å². The second kappa shape index (κ2) is 8.37. The SMILES string of the molecule is CCCOc1ccc(-c2cccc(NS(=O)(=O)c3cccc(Cl)c3)c2)nn1. The molecular weight excluding hydrogens is 386 g/mol. The molecule has 0 saturated carbocycles. The van der Waals surface area contributed by atoms with Gasteiger partial charge in [0, 0.05) is 22.3 Å². The number of nitrogens with zero attached hydrogens (tertiary/aromatic N) is 2. The van der Waals surface area contributed by atoms with E-state index in [1.165, 1.54) is 12.1 Å². The third-order valence-electron chi connectivity index (χ3n) is 3.61. The molecule has 1 aromatic heterocycles. The van der Waals surface area contributed by atoms with E-state index in [2.05, 4.69) is 14.9 Å². The lowest BCUT2D eigenvalue weighted by atomic mass is 10.1. The van der Waals surface area contributed by atoms with Gasteiger partial charge in [0.1, 0.15) is 0 Å². The smallest absolute Gasteiger partial charge is 0.261 e. The summed E-state index contributed by atoms with van der Waals surface area (Å²) in [6, 6.07) is 16.5. The van der Waals surface area contributed by atoms with Gasteiger partial charge in [-0.2, -0.15) is 0 Å². The van der Waals surface area contributed by atoms with Crippen LogP contribution in [0.1, 0.15) is 13.3 Å². The van der Waals surface area contributed by atoms with Crippen molar-refractivity contribution in [2.45, 2.75) is 18.2 Å². The Morgan fingerprint density at radius 3 is 2.56 bits per heavy atom. The Morgan fingerprint density at radius 2 is 1.85 bits per heavy atom. The molecule has 1 N–H and O–H groups in total. The number of aromatic nitrogens is 2. The molecule has 1 heterocycles. The zero-order valence-electron chi connectivity index (χ0n) is 14.6. The first-order chi connectivity index (χ1) is 13.0. The molecule has 0 unspecified atom stereocenters. The molecule has 140 valence electrons. The van der Waals surface area contributed by atoms with Gasteiger partial charge in [0.15, 0.2) is 0 Å². The average molecular weight is 404 g/mol. The Labute approximate surface area is 163 Å². The largest absolute Gasteiger partial charge is 0.477 e. The molecule has 8 heteroatoms. The molecule has 0 saturated heterocycles. The minimum atomic E-state index is -3.74. The Kier molecular flexibility index (Phi) is 5.93. The van der Waals surface area contributed by atoms with Gasteiger partial charge in [-0.05, 0) is 42.8 Å². The lowest BCUT2D eigenvalue weighted by molar-refractivity contribution is 0.302. The van der Waals surface area contributed by atoms with Gasteiger partial charge in [-0.1, -0.05) is 36.7 Å². The molecule has 0 atom stereocenters. The Hall–Kier alpha value is -2.64. The molecule has 0 aliphatic carbocycles. The monoisotopic (exact) mass is 403 g/mol. The number of hydrogen-bond acceptors (Lipinski definition) is 5. The molecule has 2 aromatic carbocycles. The van der Waals surface area contributed by atoms with Crippen molar-refractivity contribution in [3.63, 3.8) is 0 Å². The first-order valence-corrected chi connectivity index (χ1v) is 10.2. The third kappa shape index (κ3) is 4.96. The maximum absolute atomic E-state index is 12.5. The minimum Gasteiger partial charge on any atom is -0.477 e. The first-order valence-electron chi connectivity index (χ1n) is 8.33. The summed E-state index contributed by atoms with van der Waals surface area (Å²) in [6.07, 6.45) is 0.887. The Bertz CT molecular complexity index is 1020. The lowest BCUT2D eigenvalue weighted by Gasteiger charge is -2.10. The summed E-state index contributed by atoms with van der Waals surface area (Å²) in [5, 5.41) is 8.52. The van der Waals surface area contributed by atoms with Crippen LogP contribution in [-0.2, 0) is 10.0 Å². The van der Waals surface area contributed by atoms with Gasteiger partial charge in [-0.3, -0.25) is 4.72 Å². The number of halogens is 1. The molecule has 0 spiro atoms. The molecule has 27 heavy (non-hydrogen) atoms. The van der Waals surface area contributed by atoms with E-state index in [-0.39, 0.29) is 4.90 Å². The van der Waals surface area contributed by atoms with Crippen LogP contribution in [0.15, 0.2) is 65.6 Å². The zero-order chi connectivity index (χ0) is 19.3. The fourth-order valence-electron chi connectivity index (χ4n) is 2.35. The first kappa shape index (κ1) is 19.1. The van der Waals surface area contributed by atoms with E-state index in [0.29, 0.717) is 28.9 Å². The molecule has 0 fully saturated rings. The van der Waals surface area contributed by atoms with Crippen LogP contribution in [0.4, 0.5) is 5.69 Å². The highest BCUT2D eigenvalue weighted by Gasteiger charge is 2.15. The van der Waals surface area contributed by atoms with Crippen molar-refractivity contribution in [3.05, 3.63) is 65.7 Å². The maximum atomic E-state index is 12.5. The Morgan fingerprint density at radius 1 is 1.04 bits per heavy atom. The van der Waals surface area contributed by atoms with E-state index >= 15 is 0 Å². The van der Waals surface area contributed by atoms with Gasteiger partial charge in [-0.15, -0.1) is 10.2 Å². The second-order valence-electron chi connectivity index (χ2n) is 5.75. The quantitative estimate of drug-likeness (QED) is 0.632. The van der Waals surface area contributed by atoms with Crippen molar-refractivity contribution in [1.82, 2.24) is 10.2 Å². The van der Waals surface area contributed by atoms with Gasteiger partial charge in [0.2, 0.25) is 5.88 Å². The van der Waals surface area contributed by atoms with Crippen LogP contribution >= 0.6 is 11.6 Å². The molecule has 0 aliphatic rings. The summed E-state index contributed by atoms with van der Waals surface area (Å²) in [5.41, 5.74) is 1.76. The van der Waals surface area contributed by atoms with Gasteiger partial charge in [0.05, 0.1) is 17.2 Å². The van der Waals surface area contributed by atoms with E-state index in [1.54, 1.807) is 42.5 Å². The van der Waals surface area contributed by atoms with Gasteiger partial charge in [0.25, 0.3) is 10.0 Å². The van der Waals surface area contributed by atoms with Gasteiger partial charge < -0.3 is 4.74 Å². The predicted molar refractivity (Wildman–Crippen MR) is 106 cm³/mol. The highest BCUT2D eigenvalue weighted by atomic mass is 35.5. The highest BCUT2D eigenvalue weighted by molar-refractivity contribution is 7.92. The van der Waals surface area contributed by atoms with Crippen molar-refractivity contribution >= 4 is 27.3 Å². The van der Waals surface area contributed by atoms with Crippen LogP contribution in [-0.4, -0.2) is 25.2 Å². The summed E-state index contributed by atoms with van der Waals surface area (Å²) in [6.45, 7) is 2.59. The van der Waals surface area contributed by atoms with Crippen molar-refractivity contribution in [1.29, 1.82) is 0 Å². The maximum Gasteiger partial charge on any atom is 0.261 e. The van der Waals surface area contributed by atoms with Crippen LogP contribution in [0.3, 0.4) is 0 Å². The van der Waals surface area contributed by atoms with E-state index in [0.717, 1.165) is 12.0 Å². The summed E-state index contributed by atoms with van der Waals surface area (Å²) in [7, 11) is -3.74.